The van der Waals surface area contributed by atoms with E-state index in [9.17, 15) is 19.7 Å². The van der Waals surface area contributed by atoms with Crippen LogP contribution in [0.15, 0.2) is 107 Å². The molecule has 3 aromatic carbocycles. The first-order chi connectivity index (χ1) is 21.6. The average Bonchev–Trinajstić information content (AvgIpc) is 3.41. The Kier molecular flexibility index (Phi) is 9.48. The minimum Gasteiger partial charge on any atom is -0.466 e. The Bertz CT molecular complexity index is 1600. The zero-order valence-corrected chi connectivity index (χ0v) is 26.1. The van der Waals surface area contributed by atoms with Gasteiger partial charge in [0.1, 0.15) is 5.60 Å². The monoisotopic (exact) mass is 609 g/mol. The lowest BCUT2D eigenvalue weighted by Gasteiger charge is -2.33. The second-order valence-corrected chi connectivity index (χ2v) is 12.0. The SMILES string of the molecule is COC(=O)C1=C(C)NC(C)=C(C(=O)OC2(C)CCN(CCC(c3ccccc3)c3ccccc3)C2)[C@@H]1c1cccc([N+](=O)[O-])c1. The molecule has 0 radical (unpaired) electrons. The van der Waals surface area contributed by atoms with Crippen LogP contribution in [-0.4, -0.2) is 54.1 Å². The molecular formula is C36H39N3O6. The summed E-state index contributed by atoms with van der Waals surface area (Å²) in [5.74, 6) is -1.85. The second kappa shape index (κ2) is 13.5. The molecule has 2 aliphatic rings. The Morgan fingerprint density at radius 2 is 1.56 bits per heavy atom. The molecule has 0 spiro atoms. The molecule has 2 atom stereocenters. The summed E-state index contributed by atoms with van der Waals surface area (Å²) in [7, 11) is 1.27. The second-order valence-electron chi connectivity index (χ2n) is 12.0. The average molecular weight is 610 g/mol. The minimum atomic E-state index is -0.898. The largest absolute Gasteiger partial charge is 0.466 e. The lowest BCUT2D eigenvalue weighted by molar-refractivity contribution is -0.384. The van der Waals surface area contributed by atoms with Crippen LogP contribution in [0.4, 0.5) is 5.69 Å². The molecule has 0 saturated carbocycles. The van der Waals surface area contributed by atoms with E-state index in [1.807, 2.05) is 19.1 Å². The lowest BCUT2D eigenvalue weighted by atomic mass is 9.80. The molecule has 1 saturated heterocycles. The van der Waals surface area contributed by atoms with Crippen molar-refractivity contribution in [3.8, 4) is 0 Å². The molecule has 234 valence electrons. The summed E-state index contributed by atoms with van der Waals surface area (Å²) in [6.07, 6.45) is 1.56. The molecule has 0 bridgehead atoms. The molecule has 1 fully saturated rings. The normalized spacial score (nSPS) is 20.2. The summed E-state index contributed by atoms with van der Waals surface area (Å²) in [5.41, 5.74) is 3.54. The third-order valence-electron chi connectivity index (χ3n) is 8.79. The van der Waals surface area contributed by atoms with Crippen molar-refractivity contribution in [2.24, 2.45) is 0 Å². The first-order valence-corrected chi connectivity index (χ1v) is 15.2. The number of hydrogen-bond donors (Lipinski definition) is 1. The van der Waals surface area contributed by atoms with Gasteiger partial charge in [0.05, 0.1) is 29.1 Å². The Hall–Kier alpha value is -4.76. The third kappa shape index (κ3) is 6.99. The van der Waals surface area contributed by atoms with Gasteiger partial charge < -0.3 is 14.8 Å². The standard InChI is InChI=1S/C36H39N3O6/c1-24-31(34(40)44-4)33(28-16-11-17-29(22-28)39(42)43)32(25(2)37-24)35(41)45-36(3)19-21-38(23-36)20-18-30(26-12-7-5-8-13-26)27-14-9-6-10-15-27/h5-17,22,30,33,37H,18-21,23H2,1-4H3/t33-,36?/m1/s1. The van der Waals surface area contributed by atoms with Gasteiger partial charge in [0.2, 0.25) is 0 Å². The molecule has 45 heavy (non-hydrogen) atoms. The topological polar surface area (TPSA) is 111 Å². The van der Waals surface area contributed by atoms with Crippen molar-refractivity contribution >= 4 is 17.6 Å². The van der Waals surface area contributed by atoms with Crippen LogP contribution in [0.1, 0.15) is 62.1 Å². The van der Waals surface area contributed by atoms with Gasteiger partial charge in [0, 0.05) is 49.0 Å². The molecule has 5 rings (SSSR count). The number of nitro groups is 1. The highest BCUT2D eigenvalue weighted by atomic mass is 16.6. The van der Waals surface area contributed by atoms with Gasteiger partial charge in [-0.2, -0.15) is 0 Å². The van der Waals surface area contributed by atoms with Crippen molar-refractivity contribution in [1.29, 1.82) is 0 Å². The van der Waals surface area contributed by atoms with Crippen molar-refractivity contribution in [3.05, 3.63) is 134 Å². The minimum absolute atomic E-state index is 0.138. The van der Waals surface area contributed by atoms with Gasteiger partial charge in [-0.25, -0.2) is 9.59 Å². The van der Waals surface area contributed by atoms with Crippen LogP contribution in [0, 0.1) is 10.1 Å². The molecule has 1 N–H and O–H groups in total. The molecule has 9 nitrogen and oxygen atoms in total. The number of non-ortho nitro benzene ring substituents is 1. The van der Waals surface area contributed by atoms with Crippen molar-refractivity contribution in [1.82, 2.24) is 10.2 Å². The predicted molar refractivity (Wildman–Crippen MR) is 171 cm³/mol. The van der Waals surface area contributed by atoms with Gasteiger partial charge in [0.25, 0.3) is 5.69 Å². The third-order valence-corrected chi connectivity index (χ3v) is 8.79. The number of likely N-dealkylation sites (tertiary alicyclic amines) is 1. The summed E-state index contributed by atoms with van der Waals surface area (Å²) in [6.45, 7) is 7.57. The van der Waals surface area contributed by atoms with Crippen LogP contribution in [0.3, 0.4) is 0 Å². The highest BCUT2D eigenvalue weighted by Gasteiger charge is 2.43. The number of dihydropyridines is 1. The number of methoxy groups -OCH3 is 1. The van der Waals surface area contributed by atoms with Gasteiger partial charge in [-0.3, -0.25) is 15.0 Å². The van der Waals surface area contributed by atoms with Gasteiger partial charge in [-0.05, 0) is 50.4 Å². The van der Waals surface area contributed by atoms with Crippen LogP contribution < -0.4 is 5.32 Å². The molecule has 2 heterocycles. The first kappa shape index (κ1) is 31.7. The number of ether oxygens (including phenoxy) is 2. The van der Waals surface area contributed by atoms with E-state index in [-0.39, 0.29) is 22.8 Å². The Balaban J connectivity index is 1.35. The molecule has 0 aliphatic carbocycles. The van der Waals surface area contributed by atoms with E-state index in [1.54, 1.807) is 26.0 Å². The van der Waals surface area contributed by atoms with E-state index in [1.165, 1.54) is 30.4 Å². The van der Waals surface area contributed by atoms with Gasteiger partial charge >= 0.3 is 11.9 Å². The Labute approximate surface area is 263 Å². The van der Waals surface area contributed by atoms with E-state index in [0.29, 0.717) is 29.9 Å². The lowest BCUT2D eigenvalue weighted by Crippen LogP contribution is -2.39. The maximum atomic E-state index is 14.0. The van der Waals surface area contributed by atoms with E-state index >= 15 is 0 Å². The van der Waals surface area contributed by atoms with Crippen LogP contribution in [0.5, 0.6) is 0 Å². The van der Waals surface area contributed by atoms with Crippen molar-refractivity contribution < 1.29 is 24.0 Å². The number of nitro benzene ring substituents is 1. The van der Waals surface area contributed by atoms with Crippen molar-refractivity contribution in [2.45, 2.75) is 51.0 Å². The fraction of sp³-hybridized carbons (Fsp3) is 0.333. The fourth-order valence-corrected chi connectivity index (χ4v) is 6.58. The Morgan fingerprint density at radius 3 is 2.13 bits per heavy atom. The number of allylic oxidation sites excluding steroid dienone is 2. The molecule has 2 aliphatic heterocycles. The van der Waals surface area contributed by atoms with Gasteiger partial charge in [-0.1, -0.05) is 72.8 Å². The summed E-state index contributed by atoms with van der Waals surface area (Å²) < 4.78 is 11.3. The van der Waals surface area contributed by atoms with Crippen LogP contribution in [-0.2, 0) is 19.1 Å². The number of esters is 2. The van der Waals surface area contributed by atoms with E-state index in [0.717, 1.165) is 19.5 Å². The number of nitrogens with zero attached hydrogens (tertiary/aromatic N) is 2. The first-order valence-electron chi connectivity index (χ1n) is 15.2. The van der Waals surface area contributed by atoms with Gasteiger partial charge in [0.15, 0.2) is 0 Å². The maximum Gasteiger partial charge on any atom is 0.337 e. The van der Waals surface area contributed by atoms with Crippen LogP contribution in [0.25, 0.3) is 0 Å². The number of nitrogens with one attached hydrogen (secondary N) is 1. The van der Waals surface area contributed by atoms with Crippen molar-refractivity contribution in [2.75, 3.05) is 26.7 Å². The Morgan fingerprint density at radius 1 is 0.956 bits per heavy atom. The number of benzene rings is 3. The number of carbonyl (C=O) groups excluding carboxylic acids is 2. The summed E-state index contributed by atoms with van der Waals surface area (Å²) in [5, 5.41) is 14.7. The zero-order valence-electron chi connectivity index (χ0n) is 26.1. The van der Waals surface area contributed by atoms with Crippen molar-refractivity contribution in [3.63, 3.8) is 0 Å². The molecule has 9 heteroatoms. The molecule has 1 unspecified atom stereocenters. The molecule has 0 aromatic heterocycles. The molecule has 0 amide bonds. The number of hydrogen-bond acceptors (Lipinski definition) is 8. The molecular weight excluding hydrogens is 570 g/mol. The molecule has 3 aromatic rings. The summed E-state index contributed by atoms with van der Waals surface area (Å²) in [4.78, 5) is 40.5. The quantitative estimate of drug-likeness (QED) is 0.164. The van der Waals surface area contributed by atoms with Crippen LogP contribution in [0.2, 0.25) is 0 Å². The zero-order chi connectivity index (χ0) is 32.1. The summed E-state index contributed by atoms with van der Waals surface area (Å²) in [6, 6.07) is 27.0. The number of rotatable bonds is 10. The predicted octanol–water partition coefficient (Wildman–Crippen LogP) is 6.23. The smallest absolute Gasteiger partial charge is 0.337 e. The van der Waals surface area contributed by atoms with E-state index < -0.39 is 28.4 Å². The fourth-order valence-electron chi connectivity index (χ4n) is 6.58. The highest BCUT2D eigenvalue weighted by Crippen LogP contribution is 2.41. The van der Waals surface area contributed by atoms with Gasteiger partial charge in [-0.15, -0.1) is 0 Å². The van der Waals surface area contributed by atoms with E-state index in [4.69, 9.17) is 9.47 Å². The summed E-state index contributed by atoms with van der Waals surface area (Å²) >= 11 is 0. The highest BCUT2D eigenvalue weighted by molar-refractivity contribution is 6.00. The van der Waals surface area contributed by atoms with Crippen LogP contribution >= 0.6 is 0 Å². The maximum absolute atomic E-state index is 14.0. The van der Waals surface area contributed by atoms with E-state index in [2.05, 4.69) is 58.7 Å². The number of carbonyl (C=O) groups is 2.